The van der Waals surface area contributed by atoms with E-state index in [0.29, 0.717) is 18.9 Å². The van der Waals surface area contributed by atoms with Crippen molar-refractivity contribution in [1.29, 1.82) is 0 Å². The number of nitrogens with zero attached hydrogens (tertiary/aromatic N) is 2. The molecule has 0 heterocycles. The lowest BCUT2D eigenvalue weighted by Gasteiger charge is -2.34. The zero-order valence-electron chi connectivity index (χ0n) is 27.5. The van der Waals surface area contributed by atoms with E-state index in [-0.39, 0.29) is 29.1 Å². The number of thioether (sulfide) groups is 1. The lowest BCUT2D eigenvalue weighted by Crippen LogP contribution is -2.53. The van der Waals surface area contributed by atoms with Crippen molar-refractivity contribution in [3.63, 3.8) is 0 Å². The fraction of sp³-hybridized carbons (Fsp3) is 0.297. The van der Waals surface area contributed by atoms with Gasteiger partial charge >= 0.3 is 0 Å². The SMILES string of the molecule is CCCCNC(=O)C(Cc1ccccc1)N(Cc1ccccc1F)C(=O)CN(c1ccc(OCC)cc1)S(=O)(=O)c1ccc(SC)cc1. The second-order valence-electron chi connectivity index (χ2n) is 11.1. The number of carbonyl (C=O) groups excluding carboxylic acids is 2. The molecule has 4 aromatic rings. The molecule has 0 aromatic heterocycles. The van der Waals surface area contributed by atoms with Gasteiger partial charge < -0.3 is 15.0 Å². The molecule has 1 N–H and O–H groups in total. The first kappa shape index (κ1) is 36.5. The van der Waals surface area contributed by atoms with Crippen molar-refractivity contribution in [3.05, 3.63) is 120 Å². The Kier molecular flexibility index (Phi) is 13.5. The Morgan fingerprint density at radius 1 is 0.896 bits per heavy atom. The maximum Gasteiger partial charge on any atom is 0.264 e. The molecule has 0 radical (unpaired) electrons. The smallest absolute Gasteiger partial charge is 0.264 e. The molecular formula is C37H42FN3O5S2. The molecule has 0 aliphatic carbocycles. The number of anilines is 1. The molecule has 2 amide bonds. The van der Waals surface area contributed by atoms with Crippen LogP contribution >= 0.6 is 11.8 Å². The van der Waals surface area contributed by atoms with Gasteiger partial charge in [0.1, 0.15) is 24.2 Å². The van der Waals surface area contributed by atoms with Gasteiger partial charge in [-0.3, -0.25) is 13.9 Å². The van der Waals surface area contributed by atoms with Gasteiger partial charge in [0.25, 0.3) is 10.0 Å². The largest absolute Gasteiger partial charge is 0.494 e. The molecule has 0 spiro atoms. The Morgan fingerprint density at radius 3 is 2.19 bits per heavy atom. The molecule has 48 heavy (non-hydrogen) atoms. The molecule has 1 unspecified atom stereocenters. The van der Waals surface area contributed by atoms with Gasteiger partial charge in [-0.15, -0.1) is 11.8 Å². The van der Waals surface area contributed by atoms with E-state index in [1.54, 1.807) is 54.6 Å². The molecule has 1 atom stereocenters. The molecule has 0 saturated heterocycles. The lowest BCUT2D eigenvalue weighted by molar-refractivity contribution is -0.140. The van der Waals surface area contributed by atoms with Gasteiger partial charge in [0, 0.05) is 30.0 Å². The first-order chi connectivity index (χ1) is 23.2. The average Bonchev–Trinajstić information content (AvgIpc) is 3.10. The number of ether oxygens (including phenoxy) is 1. The van der Waals surface area contributed by atoms with Crippen molar-refractivity contribution in [2.24, 2.45) is 0 Å². The Bertz CT molecular complexity index is 1740. The van der Waals surface area contributed by atoms with E-state index in [4.69, 9.17) is 4.74 Å². The first-order valence-corrected chi connectivity index (χ1v) is 18.6. The van der Waals surface area contributed by atoms with Crippen LogP contribution in [0.15, 0.2) is 113 Å². The zero-order valence-corrected chi connectivity index (χ0v) is 29.1. The van der Waals surface area contributed by atoms with Crippen molar-refractivity contribution in [2.75, 3.05) is 30.3 Å². The molecule has 0 saturated carbocycles. The van der Waals surface area contributed by atoms with Gasteiger partial charge in [-0.25, -0.2) is 12.8 Å². The van der Waals surface area contributed by atoms with E-state index in [9.17, 15) is 18.0 Å². The van der Waals surface area contributed by atoms with E-state index in [1.165, 1.54) is 34.9 Å². The van der Waals surface area contributed by atoms with Gasteiger partial charge in [0.15, 0.2) is 0 Å². The predicted octanol–water partition coefficient (Wildman–Crippen LogP) is 6.70. The maximum atomic E-state index is 15.1. The number of amides is 2. The third-order valence-electron chi connectivity index (χ3n) is 7.76. The number of halogens is 1. The molecule has 11 heteroatoms. The van der Waals surface area contributed by atoms with Gasteiger partial charge in [0.05, 0.1) is 17.2 Å². The molecule has 4 aromatic carbocycles. The van der Waals surface area contributed by atoms with Gasteiger partial charge in [0.2, 0.25) is 11.8 Å². The molecule has 4 rings (SSSR count). The number of hydrogen-bond acceptors (Lipinski definition) is 6. The van der Waals surface area contributed by atoms with Crippen LogP contribution in [0.2, 0.25) is 0 Å². The van der Waals surface area contributed by atoms with Crippen LogP contribution in [0.25, 0.3) is 0 Å². The fourth-order valence-electron chi connectivity index (χ4n) is 5.15. The van der Waals surface area contributed by atoms with Crippen LogP contribution in [0, 0.1) is 5.82 Å². The number of hydrogen-bond donors (Lipinski definition) is 1. The number of unbranched alkanes of at least 4 members (excludes halogenated alkanes) is 1. The van der Waals surface area contributed by atoms with Crippen LogP contribution in [0.3, 0.4) is 0 Å². The molecule has 0 bridgehead atoms. The molecule has 8 nitrogen and oxygen atoms in total. The summed E-state index contributed by atoms with van der Waals surface area (Å²) >= 11 is 1.48. The highest BCUT2D eigenvalue weighted by Gasteiger charge is 2.35. The Balaban J connectivity index is 1.80. The molecular weight excluding hydrogens is 650 g/mol. The molecule has 0 fully saturated rings. The summed E-state index contributed by atoms with van der Waals surface area (Å²) in [4.78, 5) is 30.6. The third kappa shape index (κ3) is 9.60. The van der Waals surface area contributed by atoms with E-state index in [0.717, 1.165) is 27.6 Å². The van der Waals surface area contributed by atoms with Gasteiger partial charge in [-0.2, -0.15) is 0 Å². The van der Waals surface area contributed by atoms with Crippen LogP contribution in [-0.2, 0) is 32.6 Å². The zero-order chi connectivity index (χ0) is 34.5. The summed E-state index contributed by atoms with van der Waals surface area (Å²) in [6.45, 7) is 3.80. The Morgan fingerprint density at radius 2 is 1.56 bits per heavy atom. The van der Waals surface area contributed by atoms with E-state index in [2.05, 4.69) is 5.32 Å². The van der Waals surface area contributed by atoms with Crippen molar-refractivity contribution in [2.45, 2.75) is 55.5 Å². The highest BCUT2D eigenvalue weighted by atomic mass is 32.2. The number of sulfonamides is 1. The van der Waals surface area contributed by atoms with Crippen molar-refractivity contribution in [1.82, 2.24) is 10.2 Å². The summed E-state index contributed by atoms with van der Waals surface area (Å²) in [5.41, 5.74) is 1.23. The number of rotatable bonds is 17. The van der Waals surface area contributed by atoms with Gasteiger partial charge in [-0.05, 0) is 79.8 Å². The van der Waals surface area contributed by atoms with Gasteiger partial charge in [-0.1, -0.05) is 61.9 Å². The summed E-state index contributed by atoms with van der Waals surface area (Å²) < 4.78 is 50.2. The van der Waals surface area contributed by atoms with Crippen LogP contribution < -0.4 is 14.4 Å². The van der Waals surface area contributed by atoms with Crippen LogP contribution in [0.1, 0.15) is 37.8 Å². The van der Waals surface area contributed by atoms with Crippen molar-refractivity contribution >= 4 is 39.3 Å². The third-order valence-corrected chi connectivity index (χ3v) is 10.3. The van der Waals surface area contributed by atoms with Crippen molar-refractivity contribution in [3.8, 4) is 5.75 Å². The monoisotopic (exact) mass is 691 g/mol. The first-order valence-electron chi connectivity index (χ1n) is 15.9. The minimum Gasteiger partial charge on any atom is -0.494 e. The summed E-state index contributed by atoms with van der Waals surface area (Å²) in [5.74, 6) is -1.06. The highest BCUT2D eigenvalue weighted by molar-refractivity contribution is 7.98. The maximum absolute atomic E-state index is 15.1. The summed E-state index contributed by atoms with van der Waals surface area (Å²) in [5, 5.41) is 2.94. The second kappa shape index (κ2) is 17.7. The molecule has 0 aliphatic rings. The van der Waals surface area contributed by atoms with E-state index >= 15 is 4.39 Å². The highest BCUT2D eigenvalue weighted by Crippen LogP contribution is 2.28. The topological polar surface area (TPSA) is 96.0 Å². The van der Waals surface area contributed by atoms with E-state index < -0.39 is 40.2 Å². The predicted molar refractivity (Wildman–Crippen MR) is 189 cm³/mol. The normalized spacial score (nSPS) is 11.8. The minimum atomic E-state index is -4.28. The molecule has 254 valence electrons. The molecule has 0 aliphatic heterocycles. The quantitative estimate of drug-likeness (QED) is 0.0979. The number of carbonyl (C=O) groups is 2. The second-order valence-corrected chi connectivity index (χ2v) is 13.8. The lowest BCUT2D eigenvalue weighted by atomic mass is 10.0. The van der Waals surface area contributed by atoms with Crippen LogP contribution in [-0.4, -0.2) is 57.1 Å². The summed E-state index contributed by atoms with van der Waals surface area (Å²) in [6.07, 6.45) is 3.63. The minimum absolute atomic E-state index is 0.000725. The summed E-state index contributed by atoms with van der Waals surface area (Å²) in [6, 6.07) is 27.1. The van der Waals surface area contributed by atoms with E-state index in [1.807, 2.05) is 50.4 Å². The number of benzene rings is 4. The van der Waals surface area contributed by atoms with Crippen LogP contribution in [0.4, 0.5) is 10.1 Å². The summed E-state index contributed by atoms with van der Waals surface area (Å²) in [7, 11) is -4.28. The van der Waals surface area contributed by atoms with Crippen LogP contribution in [0.5, 0.6) is 5.75 Å². The number of nitrogens with one attached hydrogen (secondary N) is 1. The Hall–Kier alpha value is -4.35. The average molecular weight is 692 g/mol. The standard InChI is InChI=1S/C37H42FN3O5S2/c1-4-6-24-39-37(43)35(25-28-12-8-7-9-13-28)40(26-29-14-10-11-15-34(29)38)36(42)27-41(30-16-18-31(19-17-30)46-5-2)48(44,45)33-22-20-32(47-3)21-23-33/h7-23,35H,4-6,24-27H2,1-3H3,(H,39,43). The van der Waals surface area contributed by atoms with Crippen molar-refractivity contribution < 1.29 is 27.1 Å². The fourth-order valence-corrected chi connectivity index (χ4v) is 6.97. The Labute approximate surface area is 287 Å².